The summed E-state index contributed by atoms with van der Waals surface area (Å²) in [4.78, 5) is 0. The molecule has 0 unspecified atom stereocenters. The van der Waals surface area contributed by atoms with Crippen LogP contribution < -0.4 is 4.57 Å². The molecule has 0 saturated heterocycles. The van der Waals surface area contributed by atoms with E-state index in [-0.39, 0.29) is 0 Å². The van der Waals surface area contributed by atoms with Gasteiger partial charge >= 0.3 is 7.25 Å². The number of fused-ring (bicyclic) bond motifs is 3. The van der Waals surface area contributed by atoms with E-state index in [1.54, 1.807) is 0 Å². The largest absolute Gasteiger partial charge is 0.673 e. The molecule has 2 aromatic carbocycles. The van der Waals surface area contributed by atoms with Crippen molar-refractivity contribution in [2.24, 2.45) is 0 Å². The number of rotatable bonds is 2. The zero-order chi connectivity index (χ0) is 22.6. The smallest absolute Gasteiger partial charge is 0.418 e. The fraction of sp³-hybridized carbons (Fsp3) is 0.346. The number of hydrogen-bond donors (Lipinski definition) is 0. The molecule has 168 valence electrons. The van der Waals surface area contributed by atoms with Gasteiger partial charge in [0.25, 0.3) is 0 Å². The number of benzene rings is 2. The molecule has 0 bridgehead atoms. The molecule has 1 saturated carbocycles. The minimum atomic E-state index is -6.00. The third-order valence-electron chi connectivity index (χ3n) is 6.44. The minimum Gasteiger partial charge on any atom is -0.418 e. The summed E-state index contributed by atoms with van der Waals surface area (Å²) in [6.45, 7) is 0. The maximum Gasteiger partial charge on any atom is 0.673 e. The van der Waals surface area contributed by atoms with Crippen molar-refractivity contribution in [3.63, 3.8) is 0 Å². The molecule has 2 aliphatic rings. The van der Waals surface area contributed by atoms with E-state index in [0.29, 0.717) is 6.04 Å². The Balaban J connectivity index is 0.000000444. The fourth-order valence-electron chi connectivity index (χ4n) is 5.10. The summed E-state index contributed by atoms with van der Waals surface area (Å²) < 4.78 is 41.7. The topological polar surface area (TPSA) is 3.88 Å². The third-order valence-corrected chi connectivity index (χ3v) is 6.44. The molecule has 1 fully saturated rings. The molecule has 32 heavy (non-hydrogen) atoms. The van der Waals surface area contributed by atoms with Gasteiger partial charge in [0, 0.05) is 35.6 Å². The van der Waals surface area contributed by atoms with Gasteiger partial charge in [0.2, 0.25) is 11.4 Å². The Bertz CT molecular complexity index is 1040. The quantitative estimate of drug-likeness (QED) is 0.167. The maximum absolute atomic E-state index is 9.75. The van der Waals surface area contributed by atoms with Crippen LogP contribution in [0.3, 0.4) is 0 Å². The Kier molecular flexibility index (Phi) is 6.97. The molecule has 0 atom stereocenters. The zero-order valence-corrected chi connectivity index (χ0v) is 18.1. The first-order valence-corrected chi connectivity index (χ1v) is 11.5. The van der Waals surface area contributed by atoms with Crippen LogP contribution in [0, 0.1) is 0 Å². The van der Waals surface area contributed by atoms with E-state index in [0.717, 1.165) is 6.42 Å². The van der Waals surface area contributed by atoms with Gasteiger partial charge < -0.3 is 17.3 Å². The van der Waals surface area contributed by atoms with Crippen molar-refractivity contribution in [2.45, 2.75) is 57.4 Å². The zero-order valence-electron chi connectivity index (χ0n) is 18.1. The normalized spacial score (nSPS) is 16.2. The highest BCUT2D eigenvalue weighted by molar-refractivity contribution is 6.50. The summed E-state index contributed by atoms with van der Waals surface area (Å²) in [5, 5.41) is 0. The molecule has 0 aliphatic heterocycles. The van der Waals surface area contributed by atoms with Crippen LogP contribution in [0.4, 0.5) is 17.3 Å². The standard InChI is InChI=1S/C26H28N.BF4/c1-2-7-14-23(13-6-1)27-25(21-11-4-3-5-12-21)19-18-22-17-16-20-10-8-9-15-24(20)26(22)27;2-1(3,4)5/h3-5,8-12,15,18-19,23H,1-2,6-7,13-14,16-17H2;/q+1;-1. The van der Waals surface area contributed by atoms with Gasteiger partial charge in [0.1, 0.15) is 0 Å². The van der Waals surface area contributed by atoms with Gasteiger partial charge in [0.05, 0.1) is 0 Å². The van der Waals surface area contributed by atoms with Gasteiger partial charge in [0.15, 0.2) is 6.04 Å². The number of nitrogens with zero attached hydrogens (tertiary/aromatic N) is 1. The van der Waals surface area contributed by atoms with E-state index in [4.69, 9.17) is 0 Å². The predicted octanol–water partition coefficient (Wildman–Crippen LogP) is 7.60. The Morgan fingerprint density at radius 3 is 1.94 bits per heavy atom. The van der Waals surface area contributed by atoms with Gasteiger partial charge in [-0.15, -0.1) is 0 Å². The van der Waals surface area contributed by atoms with E-state index in [9.17, 15) is 17.3 Å². The summed E-state index contributed by atoms with van der Waals surface area (Å²) in [6, 6.07) is 25.4. The number of aryl methyl sites for hydroxylation is 2. The predicted molar refractivity (Wildman–Crippen MR) is 122 cm³/mol. The summed E-state index contributed by atoms with van der Waals surface area (Å²) in [6.07, 6.45) is 10.4. The average Bonchev–Trinajstić information content (AvgIpc) is 3.07. The first kappa shape index (κ1) is 22.6. The van der Waals surface area contributed by atoms with Crippen molar-refractivity contribution < 1.29 is 21.8 Å². The number of hydrogen-bond acceptors (Lipinski definition) is 0. The highest BCUT2D eigenvalue weighted by atomic mass is 19.5. The van der Waals surface area contributed by atoms with Crippen molar-refractivity contribution in [1.29, 1.82) is 0 Å². The summed E-state index contributed by atoms with van der Waals surface area (Å²) in [5.41, 5.74) is 8.71. The molecule has 6 heteroatoms. The van der Waals surface area contributed by atoms with Crippen molar-refractivity contribution >= 4 is 7.25 Å². The molecular formula is C26H28BF4N. The summed E-state index contributed by atoms with van der Waals surface area (Å²) in [5.74, 6) is 0. The molecule has 0 N–H and O–H groups in total. The Labute approximate surface area is 187 Å². The lowest BCUT2D eigenvalue weighted by Crippen LogP contribution is -2.45. The highest BCUT2D eigenvalue weighted by Crippen LogP contribution is 2.36. The fourth-order valence-corrected chi connectivity index (χ4v) is 5.10. The van der Waals surface area contributed by atoms with Crippen LogP contribution in [0.5, 0.6) is 0 Å². The maximum atomic E-state index is 9.75. The van der Waals surface area contributed by atoms with Crippen LogP contribution in [-0.2, 0) is 12.8 Å². The molecule has 0 amide bonds. The summed E-state index contributed by atoms with van der Waals surface area (Å²) in [7, 11) is -6.00. The molecule has 1 aromatic heterocycles. The second-order valence-electron chi connectivity index (χ2n) is 8.63. The van der Waals surface area contributed by atoms with Crippen LogP contribution in [0.25, 0.3) is 22.5 Å². The highest BCUT2D eigenvalue weighted by Gasteiger charge is 2.33. The molecule has 5 rings (SSSR count). The molecule has 0 spiro atoms. The van der Waals surface area contributed by atoms with E-state index in [1.165, 1.54) is 78.6 Å². The molecular weight excluding hydrogens is 413 g/mol. The first-order chi connectivity index (χ1) is 15.4. The van der Waals surface area contributed by atoms with Crippen LogP contribution in [-0.4, -0.2) is 7.25 Å². The lowest BCUT2D eigenvalue weighted by Gasteiger charge is -2.23. The molecule has 1 nitrogen and oxygen atoms in total. The second-order valence-corrected chi connectivity index (χ2v) is 8.63. The van der Waals surface area contributed by atoms with Crippen LogP contribution in [0.15, 0.2) is 66.7 Å². The van der Waals surface area contributed by atoms with E-state index >= 15 is 0 Å². The van der Waals surface area contributed by atoms with Crippen LogP contribution >= 0.6 is 0 Å². The molecule has 1 heterocycles. The molecule has 2 aliphatic carbocycles. The lowest BCUT2D eigenvalue weighted by molar-refractivity contribution is -0.704. The van der Waals surface area contributed by atoms with Crippen LogP contribution in [0.1, 0.15) is 55.7 Å². The lowest BCUT2D eigenvalue weighted by atomic mass is 9.87. The van der Waals surface area contributed by atoms with E-state index in [2.05, 4.69) is 71.3 Å². The Hall–Kier alpha value is -2.63. The first-order valence-electron chi connectivity index (χ1n) is 11.5. The minimum absolute atomic E-state index is 0.615. The van der Waals surface area contributed by atoms with E-state index in [1.807, 2.05) is 0 Å². The average molecular weight is 441 g/mol. The third kappa shape index (κ3) is 5.40. The Morgan fingerprint density at radius 1 is 0.656 bits per heavy atom. The Morgan fingerprint density at radius 2 is 1.25 bits per heavy atom. The monoisotopic (exact) mass is 441 g/mol. The van der Waals surface area contributed by atoms with Crippen molar-refractivity contribution in [3.8, 4) is 22.5 Å². The van der Waals surface area contributed by atoms with Gasteiger partial charge in [-0.25, -0.2) is 0 Å². The number of aromatic nitrogens is 1. The summed E-state index contributed by atoms with van der Waals surface area (Å²) >= 11 is 0. The van der Waals surface area contributed by atoms with Crippen molar-refractivity contribution in [3.05, 3.63) is 77.9 Å². The van der Waals surface area contributed by atoms with Gasteiger partial charge in [-0.1, -0.05) is 49.2 Å². The molecule has 0 radical (unpaired) electrons. The van der Waals surface area contributed by atoms with Gasteiger partial charge in [-0.05, 0) is 55.5 Å². The van der Waals surface area contributed by atoms with Crippen LogP contribution in [0.2, 0.25) is 0 Å². The molecule has 3 aromatic rings. The van der Waals surface area contributed by atoms with E-state index < -0.39 is 7.25 Å². The SMILES string of the molecule is F[B-](F)(F)F.c1ccc(-c2ccc3c([n+]2C2CCCCCC2)-c2ccccc2CC3)cc1. The number of pyridine rings is 1. The van der Waals surface area contributed by atoms with Crippen molar-refractivity contribution in [1.82, 2.24) is 0 Å². The number of halogens is 4. The van der Waals surface area contributed by atoms with Crippen molar-refractivity contribution in [2.75, 3.05) is 0 Å². The van der Waals surface area contributed by atoms with Gasteiger partial charge in [-0.2, -0.15) is 4.57 Å². The second kappa shape index (κ2) is 9.89. The van der Waals surface area contributed by atoms with Gasteiger partial charge in [-0.3, -0.25) is 0 Å².